The van der Waals surface area contributed by atoms with Gasteiger partial charge in [-0.05, 0) is 13.0 Å². The Morgan fingerprint density at radius 2 is 1.81 bits per heavy atom. The molecule has 0 spiro atoms. The van der Waals surface area contributed by atoms with Crippen LogP contribution in [-0.4, -0.2) is 21.8 Å². The number of hydrogen-bond acceptors (Lipinski definition) is 4. The van der Waals surface area contributed by atoms with E-state index in [2.05, 4.69) is 0 Å². The SMILES string of the molecule is CC1=CC(=O)c2c(O)c(Cl)cc(O)c2C1=O. The summed E-state index contributed by atoms with van der Waals surface area (Å²) in [5.41, 5.74) is -0.206. The lowest BCUT2D eigenvalue weighted by atomic mass is 9.89. The molecule has 0 atom stereocenters. The number of aromatic hydroxyl groups is 2. The van der Waals surface area contributed by atoms with E-state index >= 15 is 0 Å². The van der Waals surface area contributed by atoms with E-state index < -0.39 is 23.1 Å². The van der Waals surface area contributed by atoms with Crippen molar-refractivity contribution in [3.05, 3.63) is 33.9 Å². The fourth-order valence-electron chi connectivity index (χ4n) is 1.63. The highest BCUT2D eigenvalue weighted by Gasteiger charge is 2.30. The molecule has 2 rings (SSSR count). The molecule has 0 unspecified atom stereocenters. The van der Waals surface area contributed by atoms with Crippen molar-refractivity contribution in [1.82, 2.24) is 0 Å². The maximum atomic E-state index is 11.7. The minimum absolute atomic E-state index is 0.162. The number of phenolic OH excluding ortho intramolecular Hbond substituents is 2. The topological polar surface area (TPSA) is 74.6 Å². The van der Waals surface area contributed by atoms with Crippen LogP contribution in [0.5, 0.6) is 11.5 Å². The number of halogens is 1. The van der Waals surface area contributed by atoms with Crippen LogP contribution in [0.4, 0.5) is 0 Å². The molecule has 0 bridgehead atoms. The fraction of sp³-hybridized carbons (Fsp3) is 0.0909. The summed E-state index contributed by atoms with van der Waals surface area (Å²) in [4.78, 5) is 23.3. The summed E-state index contributed by atoms with van der Waals surface area (Å²) < 4.78 is 0. The summed E-state index contributed by atoms with van der Waals surface area (Å²) in [6.45, 7) is 1.47. The first-order chi connectivity index (χ1) is 7.43. The number of rotatable bonds is 0. The average molecular weight is 239 g/mol. The van der Waals surface area contributed by atoms with Gasteiger partial charge in [0.2, 0.25) is 0 Å². The van der Waals surface area contributed by atoms with Crippen molar-refractivity contribution in [2.45, 2.75) is 6.92 Å². The van der Waals surface area contributed by atoms with E-state index in [-0.39, 0.29) is 21.7 Å². The molecule has 0 aromatic heterocycles. The predicted octanol–water partition coefficient (Wildman–Crippen LogP) is 2.08. The number of carbonyl (C=O) groups is 2. The quantitative estimate of drug-likeness (QED) is 0.679. The van der Waals surface area contributed by atoms with Crippen LogP contribution in [0.15, 0.2) is 17.7 Å². The van der Waals surface area contributed by atoms with Crippen LogP contribution in [0.25, 0.3) is 0 Å². The summed E-state index contributed by atoms with van der Waals surface area (Å²) in [6.07, 6.45) is 1.11. The monoisotopic (exact) mass is 238 g/mol. The number of hydrogen-bond donors (Lipinski definition) is 2. The molecule has 0 fully saturated rings. The van der Waals surface area contributed by atoms with E-state index in [4.69, 9.17) is 11.6 Å². The van der Waals surface area contributed by atoms with Crippen LogP contribution in [0.1, 0.15) is 27.6 Å². The third kappa shape index (κ3) is 1.31. The normalized spacial score (nSPS) is 14.8. The fourth-order valence-corrected chi connectivity index (χ4v) is 1.83. The van der Waals surface area contributed by atoms with Crippen LogP contribution in [0.2, 0.25) is 5.02 Å². The second kappa shape index (κ2) is 3.35. The van der Waals surface area contributed by atoms with Gasteiger partial charge in [0, 0.05) is 11.6 Å². The molecule has 1 aromatic carbocycles. The Hall–Kier alpha value is -1.81. The molecule has 0 aliphatic heterocycles. The largest absolute Gasteiger partial charge is 0.507 e. The Kier molecular flexibility index (Phi) is 2.24. The van der Waals surface area contributed by atoms with Gasteiger partial charge in [0.25, 0.3) is 0 Å². The van der Waals surface area contributed by atoms with Gasteiger partial charge in [0.05, 0.1) is 16.1 Å². The van der Waals surface area contributed by atoms with Crippen molar-refractivity contribution in [3.8, 4) is 11.5 Å². The minimum atomic E-state index is -0.539. The molecular formula is C11H7ClO4. The zero-order valence-corrected chi connectivity index (χ0v) is 9.00. The van der Waals surface area contributed by atoms with Crippen LogP contribution >= 0.6 is 11.6 Å². The first kappa shape index (κ1) is 10.7. The highest BCUT2D eigenvalue weighted by molar-refractivity contribution is 6.35. The van der Waals surface area contributed by atoms with Gasteiger partial charge >= 0.3 is 0 Å². The molecule has 1 aliphatic carbocycles. The van der Waals surface area contributed by atoms with E-state index in [0.29, 0.717) is 0 Å². The Balaban J connectivity index is 2.87. The lowest BCUT2D eigenvalue weighted by molar-refractivity contribution is 0.0979. The van der Waals surface area contributed by atoms with Crippen molar-refractivity contribution >= 4 is 23.2 Å². The third-order valence-electron chi connectivity index (χ3n) is 2.41. The molecule has 0 heterocycles. The van der Waals surface area contributed by atoms with Gasteiger partial charge in [0.15, 0.2) is 11.6 Å². The molecule has 0 radical (unpaired) electrons. The molecule has 0 amide bonds. The Morgan fingerprint density at radius 3 is 2.44 bits per heavy atom. The van der Waals surface area contributed by atoms with E-state index in [0.717, 1.165) is 12.1 Å². The molecule has 5 heteroatoms. The van der Waals surface area contributed by atoms with E-state index in [1.807, 2.05) is 0 Å². The maximum absolute atomic E-state index is 11.7. The zero-order valence-electron chi connectivity index (χ0n) is 8.24. The molecule has 0 saturated heterocycles. The summed E-state index contributed by atoms with van der Waals surface area (Å²) >= 11 is 5.61. The molecule has 2 N–H and O–H groups in total. The van der Waals surface area contributed by atoms with Gasteiger partial charge in [-0.1, -0.05) is 11.6 Å². The highest BCUT2D eigenvalue weighted by Crippen LogP contribution is 2.39. The van der Waals surface area contributed by atoms with Crippen molar-refractivity contribution < 1.29 is 19.8 Å². The van der Waals surface area contributed by atoms with E-state index in [9.17, 15) is 19.8 Å². The van der Waals surface area contributed by atoms with Gasteiger partial charge in [-0.25, -0.2) is 0 Å². The summed E-state index contributed by atoms with van der Waals surface area (Å²) in [6, 6.07) is 1.04. The van der Waals surface area contributed by atoms with Crippen molar-refractivity contribution in [2.24, 2.45) is 0 Å². The van der Waals surface area contributed by atoms with Gasteiger partial charge in [-0.2, -0.15) is 0 Å². The average Bonchev–Trinajstić information content (AvgIpc) is 2.20. The van der Waals surface area contributed by atoms with Crippen LogP contribution in [-0.2, 0) is 0 Å². The molecule has 4 nitrogen and oxygen atoms in total. The number of fused-ring (bicyclic) bond motifs is 1. The van der Waals surface area contributed by atoms with Gasteiger partial charge < -0.3 is 10.2 Å². The Morgan fingerprint density at radius 1 is 1.19 bits per heavy atom. The first-order valence-electron chi connectivity index (χ1n) is 4.45. The van der Waals surface area contributed by atoms with Crippen LogP contribution < -0.4 is 0 Å². The van der Waals surface area contributed by atoms with Gasteiger partial charge in [0.1, 0.15) is 11.5 Å². The third-order valence-corrected chi connectivity index (χ3v) is 2.70. The lowest BCUT2D eigenvalue weighted by Crippen LogP contribution is -2.16. The first-order valence-corrected chi connectivity index (χ1v) is 4.83. The lowest BCUT2D eigenvalue weighted by Gasteiger charge is -2.15. The maximum Gasteiger partial charge on any atom is 0.193 e. The van der Waals surface area contributed by atoms with Crippen molar-refractivity contribution in [3.63, 3.8) is 0 Å². The Bertz CT molecular complexity index is 558. The number of benzene rings is 1. The van der Waals surface area contributed by atoms with Crippen LogP contribution in [0, 0.1) is 0 Å². The van der Waals surface area contributed by atoms with Crippen molar-refractivity contribution in [1.29, 1.82) is 0 Å². The predicted molar refractivity (Wildman–Crippen MR) is 57.2 cm³/mol. The number of Topliss-reactive ketones (excluding diaryl/α,β-unsaturated/α-hetero) is 1. The molecule has 1 aromatic rings. The number of allylic oxidation sites excluding steroid dienone is 2. The standard InChI is InChI=1S/C11H7ClO4/c1-4-2-6(13)9-8(10(4)15)7(14)3-5(12)11(9)16/h2-3,14,16H,1H3. The van der Waals surface area contributed by atoms with Crippen molar-refractivity contribution in [2.75, 3.05) is 0 Å². The van der Waals surface area contributed by atoms with Gasteiger partial charge in [-0.3, -0.25) is 9.59 Å². The van der Waals surface area contributed by atoms with E-state index in [1.54, 1.807) is 0 Å². The summed E-state index contributed by atoms with van der Waals surface area (Å²) in [5, 5.41) is 19.0. The molecule has 1 aliphatic rings. The molecule has 82 valence electrons. The second-order valence-electron chi connectivity index (χ2n) is 3.50. The molecular weight excluding hydrogens is 232 g/mol. The van der Waals surface area contributed by atoms with E-state index in [1.165, 1.54) is 6.92 Å². The number of ketones is 2. The second-order valence-corrected chi connectivity index (χ2v) is 3.90. The zero-order chi connectivity index (χ0) is 12.0. The summed E-state index contributed by atoms with van der Waals surface area (Å²) in [7, 11) is 0. The van der Waals surface area contributed by atoms with Gasteiger partial charge in [-0.15, -0.1) is 0 Å². The highest BCUT2D eigenvalue weighted by atomic mass is 35.5. The molecule has 0 saturated carbocycles. The molecule has 16 heavy (non-hydrogen) atoms. The number of carbonyl (C=O) groups excluding carboxylic acids is 2. The van der Waals surface area contributed by atoms with Crippen LogP contribution in [0.3, 0.4) is 0 Å². The Labute approximate surface area is 95.8 Å². The summed E-state index contributed by atoms with van der Waals surface area (Å²) in [5.74, 6) is -1.90. The number of phenols is 2. The minimum Gasteiger partial charge on any atom is -0.507 e. The smallest absolute Gasteiger partial charge is 0.193 e.